The molecule has 0 saturated heterocycles. The molecule has 0 aliphatic carbocycles. The van der Waals surface area contributed by atoms with Gasteiger partial charge in [0.2, 0.25) is 15.9 Å². The maximum atomic E-state index is 12.1. The Morgan fingerprint density at radius 1 is 1.11 bits per heavy atom. The Morgan fingerprint density at radius 2 is 1.79 bits per heavy atom. The lowest BCUT2D eigenvalue weighted by Gasteiger charge is -2.06. The van der Waals surface area contributed by atoms with Crippen molar-refractivity contribution < 1.29 is 13.2 Å². The van der Waals surface area contributed by atoms with Gasteiger partial charge in [-0.1, -0.05) is 42.1 Å². The standard InChI is InChI=1S/C18H19N5O3S2/c1-23-16(11-13-5-3-2-4-6-13)21-22-18(23)27-12-17(24)20-14-7-9-15(10-8-14)28(19,25)26/h2-10H,11-12H2,1H3,(H,20,24)(H2,19,25,26). The van der Waals surface area contributed by atoms with E-state index < -0.39 is 10.0 Å². The third-order valence-corrected chi connectivity index (χ3v) is 5.88. The lowest BCUT2D eigenvalue weighted by atomic mass is 10.1. The highest BCUT2D eigenvalue weighted by atomic mass is 32.2. The predicted molar refractivity (Wildman–Crippen MR) is 107 cm³/mol. The van der Waals surface area contributed by atoms with Crippen LogP contribution in [0, 0.1) is 0 Å². The van der Waals surface area contributed by atoms with E-state index in [1.54, 1.807) is 0 Å². The van der Waals surface area contributed by atoms with Gasteiger partial charge in [0.1, 0.15) is 5.82 Å². The number of carbonyl (C=O) groups is 1. The number of hydrogen-bond donors (Lipinski definition) is 2. The molecule has 28 heavy (non-hydrogen) atoms. The minimum atomic E-state index is -3.75. The minimum Gasteiger partial charge on any atom is -0.325 e. The Kier molecular flexibility index (Phi) is 6.12. The second-order valence-electron chi connectivity index (χ2n) is 6.03. The first-order valence-corrected chi connectivity index (χ1v) is 10.8. The molecule has 3 N–H and O–H groups in total. The summed E-state index contributed by atoms with van der Waals surface area (Å²) in [6.45, 7) is 0. The molecule has 1 heterocycles. The number of thioether (sulfide) groups is 1. The summed E-state index contributed by atoms with van der Waals surface area (Å²) in [6, 6.07) is 15.6. The summed E-state index contributed by atoms with van der Waals surface area (Å²) in [5.74, 6) is 0.725. The summed E-state index contributed by atoms with van der Waals surface area (Å²) in [4.78, 5) is 12.1. The van der Waals surface area contributed by atoms with E-state index in [1.165, 1.54) is 36.0 Å². The third kappa shape index (κ3) is 5.18. The van der Waals surface area contributed by atoms with E-state index in [9.17, 15) is 13.2 Å². The quantitative estimate of drug-likeness (QED) is 0.566. The number of nitrogens with one attached hydrogen (secondary N) is 1. The van der Waals surface area contributed by atoms with Crippen LogP contribution in [0.1, 0.15) is 11.4 Å². The molecular formula is C18H19N5O3S2. The molecule has 3 rings (SSSR count). The molecule has 8 nitrogen and oxygen atoms in total. The lowest BCUT2D eigenvalue weighted by Crippen LogP contribution is -2.15. The number of anilines is 1. The van der Waals surface area contributed by atoms with E-state index >= 15 is 0 Å². The molecule has 0 spiro atoms. The second kappa shape index (κ2) is 8.55. The van der Waals surface area contributed by atoms with E-state index in [2.05, 4.69) is 15.5 Å². The summed E-state index contributed by atoms with van der Waals surface area (Å²) in [7, 11) is -1.89. The van der Waals surface area contributed by atoms with Crippen molar-refractivity contribution in [3.05, 3.63) is 66.0 Å². The average Bonchev–Trinajstić information content (AvgIpc) is 3.00. The van der Waals surface area contributed by atoms with Gasteiger partial charge in [-0.15, -0.1) is 10.2 Å². The fourth-order valence-electron chi connectivity index (χ4n) is 2.46. The summed E-state index contributed by atoms with van der Waals surface area (Å²) in [6.07, 6.45) is 0.660. The molecule has 0 aliphatic heterocycles. The molecule has 1 aromatic heterocycles. The summed E-state index contributed by atoms with van der Waals surface area (Å²) < 4.78 is 24.4. The molecular weight excluding hydrogens is 398 g/mol. The number of benzene rings is 2. The van der Waals surface area contributed by atoms with E-state index in [4.69, 9.17) is 5.14 Å². The fourth-order valence-corrected chi connectivity index (χ4v) is 3.70. The van der Waals surface area contributed by atoms with Crippen LogP contribution >= 0.6 is 11.8 Å². The van der Waals surface area contributed by atoms with E-state index in [1.807, 2.05) is 41.9 Å². The number of amides is 1. The average molecular weight is 418 g/mol. The smallest absolute Gasteiger partial charge is 0.238 e. The van der Waals surface area contributed by atoms with Crippen molar-refractivity contribution in [3.8, 4) is 0 Å². The normalized spacial score (nSPS) is 11.4. The van der Waals surface area contributed by atoms with Crippen molar-refractivity contribution in [2.45, 2.75) is 16.5 Å². The number of nitrogens with two attached hydrogens (primary N) is 1. The van der Waals surface area contributed by atoms with Crippen molar-refractivity contribution in [2.75, 3.05) is 11.1 Å². The van der Waals surface area contributed by atoms with E-state index in [-0.39, 0.29) is 16.6 Å². The number of nitrogens with zero attached hydrogens (tertiary/aromatic N) is 3. The van der Waals surface area contributed by atoms with Gasteiger partial charge >= 0.3 is 0 Å². The summed E-state index contributed by atoms with van der Waals surface area (Å²) >= 11 is 1.27. The van der Waals surface area contributed by atoms with Crippen LogP contribution in [0.25, 0.3) is 0 Å². The topological polar surface area (TPSA) is 120 Å². The zero-order valence-electron chi connectivity index (χ0n) is 15.1. The number of rotatable bonds is 7. The number of aromatic nitrogens is 3. The van der Waals surface area contributed by atoms with Crippen LogP contribution in [0.15, 0.2) is 64.6 Å². The van der Waals surface area contributed by atoms with Crippen LogP contribution in [0.2, 0.25) is 0 Å². The summed E-state index contributed by atoms with van der Waals surface area (Å²) in [5, 5.41) is 16.7. The number of primary sulfonamides is 1. The maximum absolute atomic E-state index is 12.1. The Balaban J connectivity index is 1.56. The molecule has 0 bridgehead atoms. The van der Waals surface area contributed by atoms with Gasteiger partial charge in [0.15, 0.2) is 5.16 Å². The third-order valence-electron chi connectivity index (χ3n) is 3.93. The zero-order valence-corrected chi connectivity index (χ0v) is 16.7. The van der Waals surface area contributed by atoms with Crippen LogP contribution in [0.4, 0.5) is 5.69 Å². The van der Waals surface area contributed by atoms with Crippen molar-refractivity contribution in [3.63, 3.8) is 0 Å². The second-order valence-corrected chi connectivity index (χ2v) is 8.53. The highest BCUT2D eigenvalue weighted by Crippen LogP contribution is 2.18. The fraction of sp³-hybridized carbons (Fsp3) is 0.167. The summed E-state index contributed by atoms with van der Waals surface area (Å²) in [5.41, 5.74) is 1.62. The highest BCUT2D eigenvalue weighted by molar-refractivity contribution is 7.99. The largest absolute Gasteiger partial charge is 0.325 e. The number of hydrogen-bond acceptors (Lipinski definition) is 6. The molecule has 0 atom stereocenters. The van der Waals surface area contributed by atoms with Gasteiger partial charge in [-0.05, 0) is 29.8 Å². The van der Waals surface area contributed by atoms with Crippen molar-refractivity contribution >= 4 is 33.4 Å². The molecule has 0 unspecified atom stereocenters. The molecule has 1 amide bonds. The monoisotopic (exact) mass is 417 g/mol. The van der Waals surface area contributed by atoms with Gasteiger partial charge < -0.3 is 9.88 Å². The maximum Gasteiger partial charge on any atom is 0.238 e. The van der Waals surface area contributed by atoms with Gasteiger partial charge in [0, 0.05) is 19.2 Å². The number of sulfonamides is 1. The van der Waals surface area contributed by atoms with Gasteiger partial charge in [0.25, 0.3) is 0 Å². The number of carbonyl (C=O) groups excluding carboxylic acids is 1. The Hall–Kier alpha value is -2.69. The van der Waals surface area contributed by atoms with E-state index in [0.717, 1.165) is 11.4 Å². The molecule has 0 saturated carbocycles. The van der Waals surface area contributed by atoms with Crippen LogP contribution < -0.4 is 10.5 Å². The minimum absolute atomic E-state index is 0.00935. The highest BCUT2D eigenvalue weighted by Gasteiger charge is 2.13. The molecule has 0 fully saturated rings. The van der Waals surface area contributed by atoms with Crippen molar-refractivity contribution in [1.82, 2.24) is 14.8 Å². The molecule has 3 aromatic rings. The van der Waals surface area contributed by atoms with Crippen LogP contribution in [0.5, 0.6) is 0 Å². The van der Waals surface area contributed by atoms with Gasteiger partial charge in [-0.25, -0.2) is 13.6 Å². The lowest BCUT2D eigenvalue weighted by molar-refractivity contribution is -0.113. The van der Waals surface area contributed by atoms with Crippen molar-refractivity contribution in [1.29, 1.82) is 0 Å². The SMILES string of the molecule is Cn1c(Cc2ccccc2)nnc1SCC(=O)Nc1ccc(S(N)(=O)=O)cc1. The first kappa shape index (κ1) is 20.1. The van der Waals surface area contributed by atoms with Crippen LogP contribution in [-0.4, -0.2) is 34.8 Å². The zero-order chi connectivity index (χ0) is 20.1. The van der Waals surface area contributed by atoms with Crippen molar-refractivity contribution in [2.24, 2.45) is 12.2 Å². The van der Waals surface area contributed by atoms with Crippen LogP contribution in [0.3, 0.4) is 0 Å². The first-order chi connectivity index (χ1) is 13.3. The molecule has 0 radical (unpaired) electrons. The Morgan fingerprint density at radius 3 is 2.43 bits per heavy atom. The van der Waals surface area contributed by atoms with Gasteiger partial charge in [-0.2, -0.15) is 0 Å². The van der Waals surface area contributed by atoms with Crippen LogP contribution in [-0.2, 0) is 28.3 Å². The Labute approximate surface area is 167 Å². The first-order valence-electron chi connectivity index (χ1n) is 8.30. The molecule has 10 heteroatoms. The Bertz CT molecular complexity index is 1060. The molecule has 146 valence electrons. The predicted octanol–water partition coefficient (Wildman–Crippen LogP) is 1.78. The molecule has 2 aromatic carbocycles. The van der Waals surface area contributed by atoms with Gasteiger partial charge in [-0.3, -0.25) is 4.79 Å². The van der Waals surface area contributed by atoms with Gasteiger partial charge in [0.05, 0.1) is 10.6 Å². The van der Waals surface area contributed by atoms with E-state index in [0.29, 0.717) is 17.3 Å². The molecule has 0 aliphatic rings.